The van der Waals surface area contributed by atoms with Crippen molar-refractivity contribution in [1.29, 1.82) is 0 Å². The van der Waals surface area contributed by atoms with Gasteiger partial charge in [0.2, 0.25) is 0 Å². The van der Waals surface area contributed by atoms with Crippen LogP contribution in [-0.4, -0.2) is 15.9 Å². The Labute approximate surface area is 71.1 Å². The zero-order chi connectivity index (χ0) is 9.50. The number of hydrogen-bond acceptors (Lipinski definition) is 1. The van der Waals surface area contributed by atoms with Gasteiger partial charge in [-0.25, -0.2) is 0 Å². The SMILES string of the molecule is NC(F)(F)C(F)(F)C(F)(F)I. The van der Waals surface area contributed by atoms with Gasteiger partial charge in [-0.15, -0.1) is 0 Å². The zero-order valence-electron chi connectivity index (χ0n) is 4.72. The second kappa shape index (κ2) is 2.64. The summed E-state index contributed by atoms with van der Waals surface area (Å²) >= 11 is -0.0987. The molecule has 11 heavy (non-hydrogen) atoms. The van der Waals surface area contributed by atoms with Crippen LogP contribution in [0.1, 0.15) is 0 Å². The Morgan fingerprint density at radius 3 is 1.18 bits per heavy atom. The third kappa shape index (κ3) is 2.10. The Hall–Kier alpha value is 0.270. The van der Waals surface area contributed by atoms with E-state index < -0.39 is 15.9 Å². The molecule has 0 amide bonds. The van der Waals surface area contributed by atoms with E-state index >= 15 is 0 Å². The van der Waals surface area contributed by atoms with Gasteiger partial charge in [0.1, 0.15) is 0 Å². The molecule has 0 radical (unpaired) electrons. The number of nitrogens with two attached hydrogens (primary N) is 1. The molecular weight excluding hydrogens is 291 g/mol. The highest BCUT2D eigenvalue weighted by molar-refractivity contribution is 14.1. The van der Waals surface area contributed by atoms with E-state index in [2.05, 4.69) is 5.73 Å². The molecule has 0 saturated carbocycles. The first kappa shape index (κ1) is 11.3. The smallest absolute Gasteiger partial charge is 0.266 e. The Balaban J connectivity index is 4.75. The van der Waals surface area contributed by atoms with Crippen molar-refractivity contribution >= 4 is 22.6 Å². The fraction of sp³-hybridized carbons (Fsp3) is 1.00. The minimum atomic E-state index is -5.53. The molecular formula is C3H2F6IN. The van der Waals surface area contributed by atoms with Crippen molar-refractivity contribution in [3.63, 3.8) is 0 Å². The quantitative estimate of drug-likeness (QED) is 0.359. The summed E-state index contributed by atoms with van der Waals surface area (Å²) in [6.45, 7) is 0. The number of hydrogen-bond donors (Lipinski definition) is 1. The van der Waals surface area contributed by atoms with Gasteiger partial charge in [0, 0.05) is 22.6 Å². The van der Waals surface area contributed by atoms with Crippen molar-refractivity contribution < 1.29 is 26.3 Å². The van der Waals surface area contributed by atoms with Crippen LogP contribution in [0.25, 0.3) is 0 Å². The minimum absolute atomic E-state index is 0.0987. The molecule has 0 heterocycles. The van der Waals surface area contributed by atoms with Gasteiger partial charge in [-0.3, -0.25) is 5.73 Å². The molecule has 8 heteroatoms. The van der Waals surface area contributed by atoms with Crippen LogP contribution < -0.4 is 5.73 Å². The lowest BCUT2D eigenvalue weighted by Gasteiger charge is -2.26. The maximum absolute atomic E-state index is 11.8. The van der Waals surface area contributed by atoms with Gasteiger partial charge < -0.3 is 0 Å². The van der Waals surface area contributed by atoms with Crippen molar-refractivity contribution in [2.75, 3.05) is 0 Å². The molecule has 0 bridgehead atoms. The van der Waals surface area contributed by atoms with Crippen LogP contribution in [0.2, 0.25) is 0 Å². The van der Waals surface area contributed by atoms with Gasteiger partial charge >= 0.3 is 15.9 Å². The first-order chi connectivity index (χ1) is 4.50. The van der Waals surface area contributed by atoms with E-state index in [0.29, 0.717) is 0 Å². The standard InChI is InChI=1S/C3H2F6IN/c4-1(5,2(6,7)10)3(8,9)11/h11H2. The predicted octanol–water partition coefficient (Wildman–Crippen LogP) is 2.20. The van der Waals surface area contributed by atoms with Crippen molar-refractivity contribution in [2.45, 2.75) is 15.9 Å². The molecule has 0 spiro atoms. The molecule has 0 unspecified atom stereocenters. The third-order valence-electron chi connectivity index (χ3n) is 0.775. The second-order valence-corrected chi connectivity index (χ2v) is 3.05. The largest absolute Gasteiger partial charge is 0.395 e. The molecule has 0 aliphatic rings. The van der Waals surface area contributed by atoms with E-state index in [4.69, 9.17) is 0 Å². The summed E-state index contributed by atoms with van der Waals surface area (Å²) in [6.07, 6.45) is 0. The Kier molecular flexibility index (Phi) is 2.71. The van der Waals surface area contributed by atoms with Crippen molar-refractivity contribution in [1.82, 2.24) is 0 Å². The summed E-state index contributed by atoms with van der Waals surface area (Å²) in [5.41, 5.74) is 3.53. The monoisotopic (exact) mass is 293 g/mol. The van der Waals surface area contributed by atoms with E-state index in [1.54, 1.807) is 0 Å². The van der Waals surface area contributed by atoms with Crippen LogP contribution in [0.4, 0.5) is 26.3 Å². The van der Waals surface area contributed by atoms with Crippen molar-refractivity contribution in [3.8, 4) is 0 Å². The molecule has 68 valence electrons. The molecule has 2 N–H and O–H groups in total. The van der Waals surface area contributed by atoms with Crippen LogP contribution in [0.5, 0.6) is 0 Å². The Morgan fingerprint density at radius 2 is 1.18 bits per heavy atom. The Bertz CT molecular complexity index is 129. The molecule has 0 aromatic carbocycles. The highest BCUT2D eigenvalue weighted by Crippen LogP contribution is 2.46. The lowest BCUT2D eigenvalue weighted by molar-refractivity contribution is -0.267. The maximum atomic E-state index is 11.8. The molecule has 0 atom stereocenters. The second-order valence-electron chi connectivity index (χ2n) is 1.70. The summed E-state index contributed by atoms with van der Waals surface area (Å²) < 4.78 is 65.2. The summed E-state index contributed by atoms with van der Waals surface area (Å²) in [7, 11) is 0. The van der Waals surface area contributed by atoms with E-state index in [-0.39, 0.29) is 22.6 Å². The zero-order valence-corrected chi connectivity index (χ0v) is 6.88. The fourth-order valence-electron chi connectivity index (χ4n) is 0.189. The summed E-state index contributed by atoms with van der Waals surface area (Å²) in [4.78, 5) is 0. The highest BCUT2D eigenvalue weighted by Gasteiger charge is 2.69. The summed E-state index contributed by atoms with van der Waals surface area (Å²) in [5, 5.41) is 0. The Morgan fingerprint density at radius 1 is 0.909 bits per heavy atom. The highest BCUT2D eigenvalue weighted by atomic mass is 127. The summed E-state index contributed by atoms with van der Waals surface area (Å²) in [6, 6.07) is -5.21. The van der Waals surface area contributed by atoms with Crippen molar-refractivity contribution in [2.24, 2.45) is 5.73 Å². The maximum Gasteiger partial charge on any atom is 0.395 e. The van der Waals surface area contributed by atoms with Gasteiger partial charge in [0.25, 0.3) is 0 Å². The van der Waals surface area contributed by atoms with Crippen LogP contribution in [0, 0.1) is 0 Å². The lowest BCUT2D eigenvalue weighted by atomic mass is 10.3. The third-order valence-corrected chi connectivity index (χ3v) is 1.45. The van der Waals surface area contributed by atoms with Crippen LogP contribution in [0.15, 0.2) is 0 Å². The minimum Gasteiger partial charge on any atom is -0.266 e. The first-order valence-electron chi connectivity index (χ1n) is 2.11. The van der Waals surface area contributed by atoms with Gasteiger partial charge in [-0.05, 0) is 0 Å². The molecule has 0 aromatic rings. The molecule has 0 rings (SSSR count). The number of rotatable bonds is 2. The van der Waals surface area contributed by atoms with Gasteiger partial charge in [-0.2, -0.15) is 26.3 Å². The van der Waals surface area contributed by atoms with Crippen LogP contribution in [0.3, 0.4) is 0 Å². The van der Waals surface area contributed by atoms with E-state index in [1.807, 2.05) is 0 Å². The van der Waals surface area contributed by atoms with E-state index in [1.165, 1.54) is 0 Å². The molecule has 0 aliphatic heterocycles. The topological polar surface area (TPSA) is 26.0 Å². The average Bonchev–Trinajstić information content (AvgIpc) is 1.58. The molecule has 0 saturated heterocycles. The summed E-state index contributed by atoms with van der Waals surface area (Å²) in [5.74, 6) is -5.53. The molecule has 1 nitrogen and oxygen atoms in total. The number of halogens is 7. The van der Waals surface area contributed by atoms with Gasteiger partial charge in [0.15, 0.2) is 0 Å². The van der Waals surface area contributed by atoms with Gasteiger partial charge in [-0.1, -0.05) is 0 Å². The molecule has 0 aliphatic carbocycles. The van der Waals surface area contributed by atoms with E-state index in [0.717, 1.165) is 0 Å². The molecule has 0 fully saturated rings. The van der Waals surface area contributed by atoms with E-state index in [9.17, 15) is 26.3 Å². The fourth-order valence-corrected chi connectivity index (χ4v) is 0.549. The first-order valence-corrected chi connectivity index (χ1v) is 3.19. The van der Waals surface area contributed by atoms with Crippen LogP contribution in [-0.2, 0) is 0 Å². The van der Waals surface area contributed by atoms with Crippen molar-refractivity contribution in [3.05, 3.63) is 0 Å². The lowest BCUT2D eigenvalue weighted by Crippen LogP contribution is -2.56. The van der Waals surface area contributed by atoms with Crippen LogP contribution >= 0.6 is 22.6 Å². The normalized spacial score (nSPS) is 15.3. The van der Waals surface area contributed by atoms with Gasteiger partial charge in [0.05, 0.1) is 0 Å². The number of alkyl halides is 7. The molecule has 0 aromatic heterocycles. The average molecular weight is 293 g/mol. The predicted molar refractivity (Wildman–Crippen MR) is 33.0 cm³/mol.